The van der Waals surface area contributed by atoms with Crippen LogP contribution in [0.2, 0.25) is 0 Å². The lowest BCUT2D eigenvalue weighted by atomic mass is 9.85. The average molecular weight is 187 g/mol. The van der Waals surface area contributed by atoms with E-state index >= 15 is 0 Å². The van der Waals surface area contributed by atoms with Crippen LogP contribution in [0, 0.1) is 5.92 Å². The first kappa shape index (κ1) is 10.5. The van der Waals surface area contributed by atoms with Crippen molar-refractivity contribution in [1.29, 1.82) is 0 Å². The standard InChI is InChI=1S/C9H17NO3/c1-13-8-4-2-3-7(5-8)6-9(11)10-12/h7-8,12H,2-6H2,1H3,(H,10,11). The monoisotopic (exact) mass is 187 g/mol. The molecule has 0 aliphatic heterocycles. The van der Waals surface area contributed by atoms with E-state index in [-0.39, 0.29) is 5.91 Å². The van der Waals surface area contributed by atoms with Gasteiger partial charge in [0.15, 0.2) is 0 Å². The highest BCUT2D eigenvalue weighted by Gasteiger charge is 2.23. The fourth-order valence-corrected chi connectivity index (χ4v) is 1.95. The third-order valence-electron chi connectivity index (χ3n) is 2.67. The Morgan fingerprint density at radius 2 is 2.38 bits per heavy atom. The van der Waals surface area contributed by atoms with Gasteiger partial charge >= 0.3 is 0 Å². The summed E-state index contributed by atoms with van der Waals surface area (Å²) in [5, 5.41) is 8.36. The number of methoxy groups -OCH3 is 1. The normalized spacial score (nSPS) is 28.5. The van der Waals surface area contributed by atoms with Gasteiger partial charge in [-0.1, -0.05) is 6.42 Å². The number of hydrogen-bond donors (Lipinski definition) is 2. The molecule has 1 rings (SSSR count). The van der Waals surface area contributed by atoms with Gasteiger partial charge in [-0.15, -0.1) is 0 Å². The van der Waals surface area contributed by atoms with Crippen molar-refractivity contribution in [2.45, 2.75) is 38.2 Å². The number of hydroxylamine groups is 1. The van der Waals surface area contributed by atoms with Crippen molar-refractivity contribution < 1.29 is 14.7 Å². The number of amides is 1. The summed E-state index contributed by atoms with van der Waals surface area (Å²) < 4.78 is 5.24. The molecule has 1 saturated carbocycles. The lowest BCUT2D eigenvalue weighted by Gasteiger charge is -2.27. The molecule has 1 aliphatic carbocycles. The lowest BCUT2D eigenvalue weighted by Crippen LogP contribution is -2.27. The Balaban J connectivity index is 2.29. The van der Waals surface area contributed by atoms with Crippen molar-refractivity contribution in [3.8, 4) is 0 Å². The van der Waals surface area contributed by atoms with E-state index in [0.717, 1.165) is 25.7 Å². The molecule has 0 spiro atoms. The molecule has 76 valence electrons. The SMILES string of the molecule is COC1CCCC(CC(=O)NO)C1. The highest BCUT2D eigenvalue weighted by molar-refractivity contribution is 5.74. The second-order valence-corrected chi connectivity index (χ2v) is 3.63. The molecule has 0 aromatic carbocycles. The first-order valence-electron chi connectivity index (χ1n) is 4.72. The summed E-state index contributed by atoms with van der Waals surface area (Å²) in [6.07, 6.45) is 4.91. The molecule has 0 saturated heterocycles. The summed E-state index contributed by atoms with van der Waals surface area (Å²) >= 11 is 0. The Kier molecular flexibility index (Phi) is 4.18. The largest absolute Gasteiger partial charge is 0.381 e. The molecule has 2 atom stereocenters. The van der Waals surface area contributed by atoms with Gasteiger partial charge in [0, 0.05) is 13.5 Å². The van der Waals surface area contributed by atoms with Crippen LogP contribution in [0.4, 0.5) is 0 Å². The Morgan fingerprint density at radius 1 is 1.62 bits per heavy atom. The summed E-state index contributed by atoms with van der Waals surface area (Å²) in [5.41, 5.74) is 1.67. The minimum atomic E-state index is -0.290. The van der Waals surface area contributed by atoms with Gasteiger partial charge in [0.1, 0.15) is 0 Å². The van der Waals surface area contributed by atoms with Crippen molar-refractivity contribution in [2.24, 2.45) is 5.92 Å². The highest BCUT2D eigenvalue weighted by atomic mass is 16.5. The summed E-state index contributed by atoms with van der Waals surface area (Å²) in [7, 11) is 1.71. The second kappa shape index (κ2) is 5.19. The van der Waals surface area contributed by atoms with E-state index in [9.17, 15) is 4.79 Å². The minimum absolute atomic E-state index is 0.290. The third-order valence-corrected chi connectivity index (χ3v) is 2.67. The topological polar surface area (TPSA) is 58.6 Å². The molecule has 0 aromatic heterocycles. The van der Waals surface area contributed by atoms with Gasteiger partial charge in [0.25, 0.3) is 0 Å². The van der Waals surface area contributed by atoms with Crippen molar-refractivity contribution in [1.82, 2.24) is 5.48 Å². The zero-order chi connectivity index (χ0) is 9.68. The lowest BCUT2D eigenvalue weighted by molar-refractivity contribution is -0.130. The van der Waals surface area contributed by atoms with Gasteiger partial charge in [0.2, 0.25) is 5.91 Å². The number of ether oxygens (including phenoxy) is 1. The molecular formula is C9H17NO3. The molecule has 1 aliphatic rings. The summed E-state index contributed by atoms with van der Waals surface area (Å²) in [4.78, 5) is 10.9. The summed E-state index contributed by atoms with van der Waals surface area (Å²) in [6, 6.07) is 0. The number of carbonyl (C=O) groups is 1. The number of rotatable bonds is 3. The molecule has 4 heteroatoms. The van der Waals surface area contributed by atoms with Crippen molar-refractivity contribution in [3.63, 3.8) is 0 Å². The quantitative estimate of drug-likeness (QED) is 0.513. The van der Waals surface area contributed by atoms with Crippen LogP contribution < -0.4 is 5.48 Å². The van der Waals surface area contributed by atoms with Gasteiger partial charge in [0.05, 0.1) is 6.10 Å². The minimum Gasteiger partial charge on any atom is -0.381 e. The van der Waals surface area contributed by atoms with Gasteiger partial charge in [-0.05, 0) is 25.2 Å². The Labute approximate surface area is 78.2 Å². The predicted molar refractivity (Wildman–Crippen MR) is 47.3 cm³/mol. The molecule has 13 heavy (non-hydrogen) atoms. The third kappa shape index (κ3) is 3.32. The van der Waals surface area contributed by atoms with Gasteiger partial charge in [-0.25, -0.2) is 5.48 Å². The molecule has 1 fully saturated rings. The fourth-order valence-electron chi connectivity index (χ4n) is 1.95. The van der Waals surface area contributed by atoms with E-state index < -0.39 is 0 Å². The molecule has 0 radical (unpaired) electrons. The van der Waals surface area contributed by atoms with Crippen LogP contribution in [0.1, 0.15) is 32.1 Å². The fraction of sp³-hybridized carbons (Fsp3) is 0.889. The van der Waals surface area contributed by atoms with E-state index in [1.807, 2.05) is 0 Å². The molecule has 2 N–H and O–H groups in total. The maximum absolute atomic E-state index is 10.9. The molecule has 0 heterocycles. The average Bonchev–Trinajstić information content (AvgIpc) is 2.18. The predicted octanol–water partition coefficient (Wildman–Crippen LogP) is 1.09. The number of hydrogen-bond acceptors (Lipinski definition) is 3. The summed E-state index contributed by atoms with van der Waals surface area (Å²) in [6.45, 7) is 0. The molecule has 4 nitrogen and oxygen atoms in total. The van der Waals surface area contributed by atoms with E-state index in [2.05, 4.69) is 0 Å². The van der Waals surface area contributed by atoms with E-state index in [4.69, 9.17) is 9.94 Å². The first-order chi connectivity index (χ1) is 6.26. The van der Waals surface area contributed by atoms with Crippen LogP contribution in [0.15, 0.2) is 0 Å². The summed E-state index contributed by atoms with van der Waals surface area (Å²) in [5.74, 6) is 0.0765. The van der Waals surface area contributed by atoms with E-state index in [0.29, 0.717) is 18.4 Å². The molecule has 1 amide bonds. The number of nitrogens with one attached hydrogen (secondary N) is 1. The van der Waals surface area contributed by atoms with E-state index in [1.54, 1.807) is 12.6 Å². The maximum atomic E-state index is 10.9. The van der Waals surface area contributed by atoms with Gasteiger partial charge < -0.3 is 4.74 Å². The van der Waals surface area contributed by atoms with Gasteiger partial charge in [-0.2, -0.15) is 0 Å². The molecular weight excluding hydrogens is 170 g/mol. The highest BCUT2D eigenvalue weighted by Crippen LogP contribution is 2.28. The van der Waals surface area contributed by atoms with Gasteiger partial charge in [-0.3, -0.25) is 10.0 Å². The maximum Gasteiger partial charge on any atom is 0.243 e. The van der Waals surface area contributed by atoms with E-state index in [1.165, 1.54) is 0 Å². The number of carbonyl (C=O) groups excluding carboxylic acids is 1. The van der Waals surface area contributed by atoms with Crippen LogP contribution in [0.3, 0.4) is 0 Å². The van der Waals surface area contributed by atoms with Crippen LogP contribution in [0.5, 0.6) is 0 Å². The zero-order valence-electron chi connectivity index (χ0n) is 7.95. The van der Waals surface area contributed by atoms with Crippen molar-refractivity contribution in [2.75, 3.05) is 7.11 Å². The van der Waals surface area contributed by atoms with Crippen LogP contribution in [0.25, 0.3) is 0 Å². The van der Waals surface area contributed by atoms with Crippen LogP contribution in [-0.2, 0) is 9.53 Å². The Hall–Kier alpha value is -0.610. The zero-order valence-corrected chi connectivity index (χ0v) is 7.95. The van der Waals surface area contributed by atoms with Crippen molar-refractivity contribution >= 4 is 5.91 Å². The molecule has 0 bridgehead atoms. The van der Waals surface area contributed by atoms with Crippen LogP contribution in [-0.4, -0.2) is 24.3 Å². The second-order valence-electron chi connectivity index (χ2n) is 3.63. The Bertz CT molecular complexity index is 172. The first-order valence-corrected chi connectivity index (χ1v) is 4.72. The molecule has 0 aromatic rings. The Morgan fingerprint density at radius 3 is 3.00 bits per heavy atom. The smallest absolute Gasteiger partial charge is 0.243 e. The van der Waals surface area contributed by atoms with Crippen molar-refractivity contribution in [3.05, 3.63) is 0 Å². The van der Waals surface area contributed by atoms with Crippen LogP contribution >= 0.6 is 0 Å². The molecule has 2 unspecified atom stereocenters.